The van der Waals surface area contributed by atoms with Crippen molar-refractivity contribution in [2.75, 3.05) is 31.6 Å². The number of likely N-dealkylation sites (tertiary alicyclic amines) is 1. The summed E-state index contributed by atoms with van der Waals surface area (Å²) in [4.78, 5) is 28.5. The zero-order chi connectivity index (χ0) is 17.1. The number of fused-ring (bicyclic) bond motifs is 1. The first-order valence-electron chi connectivity index (χ1n) is 8.80. The summed E-state index contributed by atoms with van der Waals surface area (Å²) in [5.74, 6) is -0.0590. The van der Waals surface area contributed by atoms with Crippen LogP contribution in [0.3, 0.4) is 0 Å². The molecule has 0 saturated carbocycles. The normalized spacial score (nSPS) is 21.3. The second kappa shape index (κ2) is 7.24. The first-order valence-corrected chi connectivity index (χ1v) is 8.80. The minimum absolute atomic E-state index is 0.0614. The van der Waals surface area contributed by atoms with E-state index >= 15 is 0 Å². The Morgan fingerprint density at radius 1 is 1.17 bits per heavy atom. The molecular formula is C19H26N2O3. The minimum atomic E-state index is -0.152. The van der Waals surface area contributed by atoms with Crippen LogP contribution in [-0.2, 0) is 20.7 Å². The molecule has 0 bridgehead atoms. The lowest BCUT2D eigenvalue weighted by atomic mass is 9.95. The number of benzene rings is 1. The lowest BCUT2D eigenvalue weighted by Gasteiger charge is -2.39. The largest absolute Gasteiger partial charge is 0.469 e. The Labute approximate surface area is 143 Å². The van der Waals surface area contributed by atoms with Crippen LogP contribution in [0.1, 0.15) is 31.7 Å². The average Bonchev–Trinajstić information content (AvgIpc) is 2.63. The summed E-state index contributed by atoms with van der Waals surface area (Å²) in [7, 11) is 1.43. The summed E-state index contributed by atoms with van der Waals surface area (Å²) in [6.07, 6.45) is 3.55. The maximum atomic E-state index is 12.7. The Balaban J connectivity index is 1.62. The average molecular weight is 330 g/mol. The molecular weight excluding hydrogens is 304 g/mol. The molecule has 5 nitrogen and oxygen atoms in total. The van der Waals surface area contributed by atoms with Crippen molar-refractivity contribution >= 4 is 17.6 Å². The van der Waals surface area contributed by atoms with Crippen LogP contribution in [0.25, 0.3) is 0 Å². The fraction of sp³-hybridized carbons (Fsp3) is 0.579. The Bertz CT molecular complexity index is 608. The van der Waals surface area contributed by atoms with Crippen LogP contribution < -0.4 is 4.90 Å². The highest BCUT2D eigenvalue weighted by atomic mass is 16.5. The van der Waals surface area contributed by atoms with Gasteiger partial charge in [0.05, 0.1) is 19.6 Å². The quantitative estimate of drug-likeness (QED) is 0.798. The molecule has 0 N–H and O–H groups in total. The van der Waals surface area contributed by atoms with Gasteiger partial charge in [0.25, 0.3) is 0 Å². The number of hydrogen-bond acceptors (Lipinski definition) is 4. The summed E-state index contributed by atoms with van der Waals surface area (Å²) >= 11 is 0. The number of amides is 1. The van der Waals surface area contributed by atoms with Gasteiger partial charge in [0, 0.05) is 24.8 Å². The number of nitrogens with zero attached hydrogens (tertiary/aromatic N) is 2. The first-order chi connectivity index (χ1) is 11.6. The Morgan fingerprint density at radius 2 is 1.88 bits per heavy atom. The van der Waals surface area contributed by atoms with Crippen LogP contribution in [0, 0.1) is 5.92 Å². The molecule has 0 aliphatic carbocycles. The topological polar surface area (TPSA) is 49.9 Å². The minimum Gasteiger partial charge on any atom is -0.469 e. The number of rotatable bonds is 3. The molecule has 0 spiro atoms. The highest BCUT2D eigenvalue weighted by Crippen LogP contribution is 2.30. The van der Waals surface area contributed by atoms with Crippen molar-refractivity contribution in [3.8, 4) is 0 Å². The van der Waals surface area contributed by atoms with Crippen molar-refractivity contribution in [3.63, 3.8) is 0 Å². The van der Waals surface area contributed by atoms with Crippen molar-refractivity contribution in [1.29, 1.82) is 0 Å². The second-order valence-electron chi connectivity index (χ2n) is 6.82. The van der Waals surface area contributed by atoms with Gasteiger partial charge < -0.3 is 14.5 Å². The van der Waals surface area contributed by atoms with Gasteiger partial charge in [0.15, 0.2) is 0 Å². The molecule has 1 saturated heterocycles. The molecule has 2 aliphatic heterocycles. The third kappa shape index (κ3) is 3.40. The van der Waals surface area contributed by atoms with Crippen molar-refractivity contribution in [2.24, 2.45) is 5.92 Å². The maximum Gasteiger partial charge on any atom is 0.308 e. The Morgan fingerprint density at radius 3 is 2.58 bits per heavy atom. The molecule has 1 atom stereocenters. The summed E-state index contributed by atoms with van der Waals surface area (Å²) < 4.78 is 4.81. The van der Waals surface area contributed by atoms with E-state index in [9.17, 15) is 9.59 Å². The van der Waals surface area contributed by atoms with Crippen LogP contribution in [0.15, 0.2) is 24.3 Å². The van der Waals surface area contributed by atoms with Gasteiger partial charge in [0.2, 0.25) is 5.91 Å². The molecule has 2 aliphatic rings. The molecule has 0 aromatic heterocycles. The monoisotopic (exact) mass is 330 g/mol. The SMILES string of the molecule is COC(=O)C1CCN(C(=O)CN2c3ccccc3CC[C@@H]2C)CC1. The van der Waals surface area contributed by atoms with E-state index in [0.29, 0.717) is 38.5 Å². The Hall–Kier alpha value is -2.04. The zero-order valence-electron chi connectivity index (χ0n) is 14.5. The van der Waals surface area contributed by atoms with Crippen LogP contribution in [0.5, 0.6) is 0 Å². The summed E-state index contributed by atoms with van der Waals surface area (Å²) in [5.41, 5.74) is 2.52. The fourth-order valence-electron chi connectivity index (χ4n) is 3.78. The predicted molar refractivity (Wildman–Crippen MR) is 92.9 cm³/mol. The number of carbonyl (C=O) groups is 2. The molecule has 1 fully saturated rings. The van der Waals surface area contributed by atoms with E-state index in [1.807, 2.05) is 11.0 Å². The molecule has 0 radical (unpaired) electrons. The van der Waals surface area contributed by atoms with Crippen LogP contribution in [-0.4, -0.2) is 49.6 Å². The van der Waals surface area contributed by atoms with Gasteiger partial charge in [-0.25, -0.2) is 0 Å². The molecule has 1 amide bonds. The van der Waals surface area contributed by atoms with Crippen molar-refractivity contribution in [2.45, 2.75) is 38.6 Å². The molecule has 0 unspecified atom stereocenters. The maximum absolute atomic E-state index is 12.7. The highest BCUT2D eigenvalue weighted by Gasteiger charge is 2.30. The standard InChI is InChI=1S/C19H26N2O3/c1-14-7-8-15-5-3-4-6-17(15)21(14)13-18(22)20-11-9-16(10-12-20)19(23)24-2/h3-6,14,16H,7-13H2,1-2H3/t14-/m0/s1. The predicted octanol–water partition coefficient (Wildman–Crippen LogP) is 2.24. The van der Waals surface area contributed by atoms with E-state index in [4.69, 9.17) is 4.74 Å². The van der Waals surface area contributed by atoms with Crippen LogP contribution >= 0.6 is 0 Å². The van der Waals surface area contributed by atoms with E-state index in [2.05, 4.69) is 30.0 Å². The number of carbonyl (C=O) groups excluding carboxylic acids is 2. The molecule has 2 heterocycles. The summed E-state index contributed by atoms with van der Waals surface area (Å²) in [6.45, 7) is 3.89. The number of methoxy groups -OCH3 is 1. The number of aryl methyl sites for hydroxylation is 1. The molecule has 1 aromatic carbocycles. The van der Waals surface area contributed by atoms with Crippen molar-refractivity contribution < 1.29 is 14.3 Å². The molecule has 3 rings (SSSR count). The lowest BCUT2D eigenvalue weighted by Crippen LogP contribution is -2.48. The van der Waals surface area contributed by atoms with Gasteiger partial charge in [-0.3, -0.25) is 9.59 Å². The zero-order valence-corrected chi connectivity index (χ0v) is 14.5. The smallest absolute Gasteiger partial charge is 0.308 e. The van der Waals surface area contributed by atoms with Gasteiger partial charge in [-0.05, 0) is 44.2 Å². The van der Waals surface area contributed by atoms with Gasteiger partial charge in [-0.15, -0.1) is 0 Å². The number of ether oxygens (including phenoxy) is 1. The number of piperidine rings is 1. The second-order valence-corrected chi connectivity index (χ2v) is 6.82. The van der Waals surface area contributed by atoms with E-state index in [1.54, 1.807) is 0 Å². The van der Waals surface area contributed by atoms with Crippen LogP contribution in [0.4, 0.5) is 5.69 Å². The van der Waals surface area contributed by atoms with Gasteiger partial charge in [0.1, 0.15) is 0 Å². The molecule has 1 aromatic rings. The van der Waals surface area contributed by atoms with Crippen LogP contribution in [0.2, 0.25) is 0 Å². The third-order valence-electron chi connectivity index (χ3n) is 5.35. The third-order valence-corrected chi connectivity index (χ3v) is 5.35. The fourth-order valence-corrected chi connectivity index (χ4v) is 3.78. The number of hydrogen-bond donors (Lipinski definition) is 0. The van der Waals surface area contributed by atoms with Gasteiger partial charge in [-0.2, -0.15) is 0 Å². The molecule has 24 heavy (non-hydrogen) atoms. The van der Waals surface area contributed by atoms with E-state index in [1.165, 1.54) is 18.4 Å². The van der Waals surface area contributed by atoms with E-state index < -0.39 is 0 Å². The summed E-state index contributed by atoms with van der Waals surface area (Å²) in [6, 6.07) is 8.74. The number of esters is 1. The van der Waals surface area contributed by atoms with Crippen molar-refractivity contribution in [1.82, 2.24) is 4.90 Å². The van der Waals surface area contributed by atoms with E-state index in [-0.39, 0.29) is 17.8 Å². The lowest BCUT2D eigenvalue weighted by molar-refractivity contribution is -0.148. The summed E-state index contributed by atoms with van der Waals surface area (Å²) in [5, 5.41) is 0. The highest BCUT2D eigenvalue weighted by molar-refractivity contribution is 5.82. The molecule has 130 valence electrons. The Kier molecular flexibility index (Phi) is 5.07. The number of para-hydroxylation sites is 1. The van der Waals surface area contributed by atoms with Gasteiger partial charge in [-0.1, -0.05) is 18.2 Å². The van der Waals surface area contributed by atoms with E-state index in [0.717, 1.165) is 12.8 Å². The van der Waals surface area contributed by atoms with Crippen molar-refractivity contribution in [3.05, 3.63) is 29.8 Å². The first kappa shape index (κ1) is 16.8. The number of anilines is 1. The molecule has 5 heteroatoms. The van der Waals surface area contributed by atoms with Gasteiger partial charge >= 0.3 is 5.97 Å².